The maximum Gasteiger partial charge on any atom is 0.0412 e. The molecule has 0 saturated carbocycles. The lowest BCUT2D eigenvalue weighted by Gasteiger charge is -1.98. The summed E-state index contributed by atoms with van der Waals surface area (Å²) in [5.41, 5.74) is 2.31. The summed E-state index contributed by atoms with van der Waals surface area (Å²) >= 11 is 5.75. The van der Waals surface area contributed by atoms with E-state index in [1.54, 1.807) is 6.08 Å². The van der Waals surface area contributed by atoms with E-state index in [2.05, 4.69) is 6.58 Å². The summed E-state index contributed by atoms with van der Waals surface area (Å²) in [5.74, 6) is 0. The Balaban J connectivity index is 3.21. The van der Waals surface area contributed by atoms with Crippen LogP contribution in [-0.2, 0) is 0 Å². The van der Waals surface area contributed by atoms with Crippen molar-refractivity contribution >= 4 is 17.7 Å². The number of hydrogen-bond donors (Lipinski definition) is 0. The van der Waals surface area contributed by atoms with Gasteiger partial charge in [-0.1, -0.05) is 30.3 Å². The first-order chi connectivity index (χ1) is 4.74. The first kappa shape index (κ1) is 7.36. The third-order valence-electron chi connectivity index (χ3n) is 1.46. The molecule has 0 saturated heterocycles. The van der Waals surface area contributed by atoms with E-state index in [0.717, 1.165) is 10.6 Å². The van der Waals surface area contributed by atoms with Crippen LogP contribution in [-0.4, -0.2) is 0 Å². The first-order valence-electron chi connectivity index (χ1n) is 3.12. The van der Waals surface area contributed by atoms with E-state index < -0.39 is 0 Å². The van der Waals surface area contributed by atoms with E-state index in [1.807, 2.05) is 25.1 Å². The van der Waals surface area contributed by atoms with Crippen LogP contribution >= 0.6 is 11.6 Å². The number of hydrogen-bond acceptors (Lipinski definition) is 0. The SMILES string of the molecule is C=Cc1cc(Cl)ccc1C. The summed E-state index contributed by atoms with van der Waals surface area (Å²) in [5, 5.41) is 0.764. The Labute approximate surface area is 66.1 Å². The molecule has 0 unspecified atom stereocenters. The summed E-state index contributed by atoms with van der Waals surface area (Å²) in [6, 6.07) is 5.77. The highest BCUT2D eigenvalue weighted by Gasteiger charge is 1.92. The Hall–Kier alpha value is -0.750. The fourth-order valence-electron chi connectivity index (χ4n) is 0.831. The molecule has 0 nitrogen and oxygen atoms in total. The Bertz CT molecular complexity index is 251. The third-order valence-corrected chi connectivity index (χ3v) is 1.70. The van der Waals surface area contributed by atoms with Gasteiger partial charge in [-0.3, -0.25) is 0 Å². The molecule has 0 spiro atoms. The van der Waals surface area contributed by atoms with Gasteiger partial charge in [0.1, 0.15) is 0 Å². The summed E-state index contributed by atoms with van der Waals surface area (Å²) < 4.78 is 0. The number of rotatable bonds is 1. The monoisotopic (exact) mass is 152 g/mol. The van der Waals surface area contributed by atoms with Gasteiger partial charge in [-0.15, -0.1) is 0 Å². The molecule has 1 rings (SSSR count). The number of aryl methyl sites for hydroxylation is 1. The van der Waals surface area contributed by atoms with Gasteiger partial charge in [-0.25, -0.2) is 0 Å². The molecule has 0 aliphatic carbocycles. The molecule has 0 radical (unpaired) electrons. The Morgan fingerprint density at radius 3 is 2.70 bits per heavy atom. The van der Waals surface area contributed by atoms with Gasteiger partial charge in [0.25, 0.3) is 0 Å². The smallest absolute Gasteiger partial charge is 0.0412 e. The second-order valence-corrected chi connectivity index (χ2v) is 2.64. The van der Waals surface area contributed by atoms with Crippen molar-refractivity contribution in [3.8, 4) is 0 Å². The molecule has 0 N–H and O–H groups in total. The summed E-state index contributed by atoms with van der Waals surface area (Å²) in [7, 11) is 0. The van der Waals surface area contributed by atoms with E-state index in [-0.39, 0.29) is 0 Å². The van der Waals surface area contributed by atoms with Crippen LogP contribution in [0.3, 0.4) is 0 Å². The average Bonchev–Trinajstić information content (AvgIpc) is 1.94. The van der Waals surface area contributed by atoms with Gasteiger partial charge < -0.3 is 0 Å². The summed E-state index contributed by atoms with van der Waals surface area (Å²) in [6.07, 6.45) is 1.81. The Morgan fingerprint density at radius 1 is 1.50 bits per heavy atom. The highest BCUT2D eigenvalue weighted by Crippen LogP contribution is 2.15. The fourth-order valence-corrected chi connectivity index (χ4v) is 1.01. The average molecular weight is 153 g/mol. The molecule has 0 bridgehead atoms. The molecule has 0 atom stereocenters. The van der Waals surface area contributed by atoms with Crippen molar-refractivity contribution in [2.24, 2.45) is 0 Å². The van der Waals surface area contributed by atoms with Crippen LogP contribution in [0.1, 0.15) is 11.1 Å². The van der Waals surface area contributed by atoms with Crippen LogP contribution < -0.4 is 0 Å². The van der Waals surface area contributed by atoms with Crippen LogP contribution in [0.2, 0.25) is 5.02 Å². The predicted molar refractivity (Wildman–Crippen MR) is 46.3 cm³/mol. The Morgan fingerprint density at radius 2 is 2.20 bits per heavy atom. The molecule has 1 aromatic rings. The van der Waals surface area contributed by atoms with E-state index in [9.17, 15) is 0 Å². The van der Waals surface area contributed by atoms with E-state index in [0.29, 0.717) is 0 Å². The minimum Gasteiger partial charge on any atom is -0.0985 e. The first-order valence-corrected chi connectivity index (χ1v) is 3.50. The highest BCUT2D eigenvalue weighted by molar-refractivity contribution is 6.30. The van der Waals surface area contributed by atoms with Crippen LogP contribution in [0, 0.1) is 6.92 Å². The minimum absolute atomic E-state index is 0.764. The molecule has 0 amide bonds. The van der Waals surface area contributed by atoms with Gasteiger partial charge in [0.15, 0.2) is 0 Å². The molecule has 0 fully saturated rings. The van der Waals surface area contributed by atoms with E-state index in [1.165, 1.54) is 5.56 Å². The molecule has 0 aliphatic rings. The predicted octanol–water partition coefficient (Wildman–Crippen LogP) is 3.29. The molecule has 1 heteroatoms. The highest BCUT2D eigenvalue weighted by atomic mass is 35.5. The van der Waals surface area contributed by atoms with Gasteiger partial charge >= 0.3 is 0 Å². The topological polar surface area (TPSA) is 0 Å². The lowest BCUT2D eigenvalue weighted by atomic mass is 10.1. The fraction of sp³-hybridized carbons (Fsp3) is 0.111. The van der Waals surface area contributed by atoms with Crippen LogP contribution in [0.25, 0.3) is 6.08 Å². The van der Waals surface area contributed by atoms with E-state index in [4.69, 9.17) is 11.6 Å². The van der Waals surface area contributed by atoms with Crippen molar-refractivity contribution in [2.75, 3.05) is 0 Å². The van der Waals surface area contributed by atoms with Crippen LogP contribution in [0.15, 0.2) is 24.8 Å². The van der Waals surface area contributed by atoms with Crippen molar-refractivity contribution in [1.82, 2.24) is 0 Å². The van der Waals surface area contributed by atoms with Gasteiger partial charge in [0.05, 0.1) is 0 Å². The maximum absolute atomic E-state index is 5.75. The molecule has 0 aliphatic heterocycles. The van der Waals surface area contributed by atoms with Gasteiger partial charge in [-0.2, -0.15) is 0 Å². The zero-order valence-electron chi connectivity index (χ0n) is 5.89. The minimum atomic E-state index is 0.764. The zero-order valence-corrected chi connectivity index (χ0v) is 6.65. The largest absolute Gasteiger partial charge is 0.0985 e. The van der Waals surface area contributed by atoms with Crippen molar-refractivity contribution < 1.29 is 0 Å². The molecular formula is C9H9Cl. The van der Waals surface area contributed by atoms with Crippen molar-refractivity contribution in [3.05, 3.63) is 40.9 Å². The molecule has 0 aromatic heterocycles. The quantitative estimate of drug-likeness (QED) is 0.580. The maximum atomic E-state index is 5.75. The number of benzene rings is 1. The van der Waals surface area contributed by atoms with Gasteiger partial charge in [0.2, 0.25) is 0 Å². The second-order valence-electron chi connectivity index (χ2n) is 2.21. The lowest BCUT2D eigenvalue weighted by molar-refractivity contribution is 1.45. The number of halogens is 1. The molecule has 0 heterocycles. The lowest BCUT2D eigenvalue weighted by Crippen LogP contribution is -1.77. The molecular weight excluding hydrogens is 144 g/mol. The summed E-state index contributed by atoms with van der Waals surface area (Å²) in [4.78, 5) is 0. The van der Waals surface area contributed by atoms with Crippen LogP contribution in [0.5, 0.6) is 0 Å². The van der Waals surface area contributed by atoms with E-state index >= 15 is 0 Å². The van der Waals surface area contributed by atoms with Crippen molar-refractivity contribution in [1.29, 1.82) is 0 Å². The third kappa shape index (κ3) is 1.39. The summed E-state index contributed by atoms with van der Waals surface area (Å²) in [6.45, 7) is 5.71. The standard InChI is InChI=1S/C9H9Cl/c1-3-8-6-9(10)5-4-7(8)2/h3-6H,1H2,2H3. The van der Waals surface area contributed by atoms with Crippen LogP contribution in [0.4, 0.5) is 0 Å². The van der Waals surface area contributed by atoms with Crippen molar-refractivity contribution in [2.45, 2.75) is 6.92 Å². The zero-order chi connectivity index (χ0) is 7.56. The van der Waals surface area contributed by atoms with Gasteiger partial charge in [0, 0.05) is 5.02 Å². The normalized spacial score (nSPS) is 9.40. The molecule has 1 aromatic carbocycles. The van der Waals surface area contributed by atoms with Crippen molar-refractivity contribution in [3.63, 3.8) is 0 Å². The van der Waals surface area contributed by atoms with Gasteiger partial charge in [-0.05, 0) is 30.2 Å². The Kier molecular flexibility index (Phi) is 2.13. The molecule has 10 heavy (non-hydrogen) atoms. The second kappa shape index (κ2) is 2.89. The molecule has 52 valence electrons.